The Labute approximate surface area is 209 Å². The van der Waals surface area contributed by atoms with Gasteiger partial charge in [0, 0.05) is 22.0 Å². The minimum atomic E-state index is 0.442. The van der Waals surface area contributed by atoms with Gasteiger partial charge in [-0.05, 0) is 90.6 Å². The maximum Gasteiger partial charge on any atom is 0.193 e. The lowest BCUT2D eigenvalue weighted by atomic mass is 9.81. The summed E-state index contributed by atoms with van der Waals surface area (Å²) in [7, 11) is 0. The van der Waals surface area contributed by atoms with Crippen molar-refractivity contribution in [2.45, 2.75) is 88.8 Å². The molecule has 6 heteroatoms. The first-order valence-electron chi connectivity index (χ1n) is 13.5. The van der Waals surface area contributed by atoms with E-state index >= 15 is 0 Å². The van der Waals surface area contributed by atoms with Gasteiger partial charge >= 0.3 is 0 Å². The summed E-state index contributed by atoms with van der Waals surface area (Å²) in [6.07, 6.45) is 23.0. The lowest BCUT2D eigenvalue weighted by molar-refractivity contribution is 0.0709. The molecule has 4 fully saturated rings. The van der Waals surface area contributed by atoms with Crippen LogP contribution in [0.4, 0.5) is 0 Å². The molecule has 180 valence electrons. The van der Waals surface area contributed by atoms with Gasteiger partial charge in [-0.2, -0.15) is 5.10 Å². The van der Waals surface area contributed by atoms with Gasteiger partial charge in [0.25, 0.3) is 0 Å². The molecular formula is C27H41BrN5+. The van der Waals surface area contributed by atoms with Crippen LogP contribution in [0.1, 0.15) is 70.6 Å². The zero-order chi connectivity index (χ0) is 22.5. The summed E-state index contributed by atoms with van der Waals surface area (Å²) in [5, 5.41) is 9.90. The maximum atomic E-state index is 5.10. The second kappa shape index (κ2) is 11.7. The van der Waals surface area contributed by atoms with Crippen LogP contribution in [0.5, 0.6) is 0 Å². The average Bonchev–Trinajstić information content (AvgIpc) is 2.89. The van der Waals surface area contributed by atoms with Gasteiger partial charge in [0.2, 0.25) is 0 Å². The summed E-state index contributed by atoms with van der Waals surface area (Å²) < 4.78 is 1.09. The van der Waals surface area contributed by atoms with Crippen molar-refractivity contribution in [1.82, 2.24) is 14.7 Å². The third-order valence-electron chi connectivity index (χ3n) is 8.35. The highest BCUT2D eigenvalue weighted by Crippen LogP contribution is 2.33. The highest BCUT2D eigenvalue weighted by atomic mass is 79.9. The van der Waals surface area contributed by atoms with E-state index in [2.05, 4.69) is 55.3 Å². The van der Waals surface area contributed by atoms with E-state index in [-0.39, 0.29) is 0 Å². The van der Waals surface area contributed by atoms with Crippen LogP contribution in [0.3, 0.4) is 0 Å². The first-order valence-corrected chi connectivity index (χ1v) is 14.3. The number of halogens is 1. The van der Waals surface area contributed by atoms with Crippen molar-refractivity contribution in [2.75, 3.05) is 39.3 Å². The van der Waals surface area contributed by atoms with Crippen LogP contribution in [0.15, 0.2) is 32.9 Å². The molecule has 5 nitrogen and oxygen atoms in total. The summed E-state index contributed by atoms with van der Waals surface area (Å²) in [6, 6.07) is 1.57. The highest BCUT2D eigenvalue weighted by Gasteiger charge is 2.43. The fraction of sp³-hybridized carbons (Fsp3) is 0.741. The largest absolute Gasteiger partial charge is 0.300 e. The molecule has 5 aliphatic rings. The number of hydrogen-bond donors (Lipinski definition) is 0. The van der Waals surface area contributed by atoms with Crippen molar-refractivity contribution in [3.05, 3.63) is 29.1 Å². The Morgan fingerprint density at radius 3 is 1.67 bits per heavy atom. The average molecular weight is 516 g/mol. The normalized spacial score (nSPS) is 34.2. The fourth-order valence-corrected chi connectivity index (χ4v) is 6.81. The molecule has 2 atom stereocenters. The predicted octanol–water partition coefficient (Wildman–Crippen LogP) is 5.19. The van der Waals surface area contributed by atoms with Gasteiger partial charge < -0.3 is 4.90 Å². The monoisotopic (exact) mass is 514 g/mol. The maximum absolute atomic E-state index is 5.10. The summed E-state index contributed by atoms with van der Waals surface area (Å²) in [4.78, 5) is 8.37. The molecule has 1 saturated carbocycles. The van der Waals surface area contributed by atoms with Crippen molar-refractivity contribution in [2.24, 2.45) is 10.2 Å². The van der Waals surface area contributed by atoms with Gasteiger partial charge in [-0.1, -0.05) is 19.3 Å². The minimum absolute atomic E-state index is 0.442. The zero-order valence-electron chi connectivity index (χ0n) is 20.2. The molecule has 0 spiro atoms. The minimum Gasteiger partial charge on any atom is -0.300 e. The molecule has 3 saturated heterocycles. The van der Waals surface area contributed by atoms with E-state index in [1.165, 1.54) is 116 Å². The van der Waals surface area contributed by atoms with Crippen molar-refractivity contribution >= 4 is 27.4 Å². The Balaban J connectivity index is 1.45. The molecule has 0 amide bonds. The van der Waals surface area contributed by atoms with Gasteiger partial charge in [-0.15, -0.1) is 5.10 Å². The molecule has 0 aromatic heterocycles. The van der Waals surface area contributed by atoms with Crippen molar-refractivity contribution in [3.63, 3.8) is 0 Å². The molecule has 0 bridgehead atoms. The smallest absolute Gasteiger partial charge is 0.193 e. The number of nitrogens with zero attached hydrogens (tertiary/aromatic N) is 5. The molecule has 33 heavy (non-hydrogen) atoms. The van der Waals surface area contributed by atoms with Gasteiger partial charge in [0.05, 0.1) is 42.4 Å². The van der Waals surface area contributed by atoms with Crippen LogP contribution >= 0.6 is 15.9 Å². The zero-order valence-corrected chi connectivity index (χ0v) is 21.8. The molecule has 0 aromatic carbocycles. The van der Waals surface area contributed by atoms with Crippen molar-refractivity contribution < 1.29 is 0 Å². The molecule has 5 rings (SSSR count). The Bertz CT molecular complexity index is 739. The third kappa shape index (κ3) is 6.01. The van der Waals surface area contributed by atoms with Crippen LogP contribution in [0.25, 0.3) is 0 Å². The second-order valence-electron chi connectivity index (χ2n) is 10.5. The van der Waals surface area contributed by atoms with Crippen LogP contribution < -0.4 is 0 Å². The molecule has 3 heterocycles. The van der Waals surface area contributed by atoms with E-state index in [0.717, 1.165) is 10.2 Å². The SMILES string of the molecule is BrC1=C[CH+]/C(=N/N=C2C(N3CCCCC3)CC(N3CCCCC3)CC2N2CCCCC2)C=C1. The first-order chi connectivity index (χ1) is 16.3. The molecule has 0 aromatic rings. The van der Waals surface area contributed by atoms with Crippen LogP contribution in [0, 0.1) is 6.42 Å². The molecular weight excluding hydrogens is 474 g/mol. The predicted molar refractivity (Wildman–Crippen MR) is 142 cm³/mol. The van der Waals surface area contributed by atoms with Gasteiger partial charge in [-0.25, -0.2) is 0 Å². The number of piperidine rings is 3. The lowest BCUT2D eigenvalue weighted by Gasteiger charge is -2.49. The first kappa shape index (κ1) is 23.8. The van der Waals surface area contributed by atoms with Crippen molar-refractivity contribution in [3.8, 4) is 0 Å². The van der Waals surface area contributed by atoms with Gasteiger partial charge in [0.1, 0.15) is 4.48 Å². The standard InChI is InChI=1S/C27H41BrN5/c28-22-10-12-23(13-11-22)29-30-27-25(32-16-6-2-7-17-32)20-24(31-14-4-1-5-15-31)21-26(27)33-18-8-3-9-19-33/h10-13,24-26H,1-9,14-21H2/q+1. The summed E-state index contributed by atoms with van der Waals surface area (Å²) in [5.74, 6) is 0. The molecule has 0 radical (unpaired) electrons. The highest BCUT2D eigenvalue weighted by molar-refractivity contribution is 9.11. The molecule has 2 unspecified atom stereocenters. The number of likely N-dealkylation sites (tertiary alicyclic amines) is 3. The van der Waals surface area contributed by atoms with Gasteiger partial charge in [-0.3, -0.25) is 9.80 Å². The molecule has 0 N–H and O–H groups in total. The number of rotatable bonds is 4. The van der Waals surface area contributed by atoms with E-state index in [0.29, 0.717) is 18.1 Å². The van der Waals surface area contributed by atoms with Gasteiger partial charge in [0.15, 0.2) is 5.71 Å². The Hall–Kier alpha value is -0.950. The summed E-state index contributed by atoms with van der Waals surface area (Å²) in [5.41, 5.74) is 2.31. The van der Waals surface area contributed by atoms with Crippen molar-refractivity contribution in [1.29, 1.82) is 0 Å². The van der Waals surface area contributed by atoms with Crippen LogP contribution in [0.2, 0.25) is 0 Å². The van der Waals surface area contributed by atoms with E-state index in [1.54, 1.807) is 0 Å². The summed E-state index contributed by atoms with van der Waals surface area (Å²) >= 11 is 3.55. The summed E-state index contributed by atoms with van der Waals surface area (Å²) in [6.45, 7) is 7.48. The Morgan fingerprint density at radius 2 is 1.18 bits per heavy atom. The van der Waals surface area contributed by atoms with Crippen LogP contribution in [-0.2, 0) is 0 Å². The van der Waals surface area contributed by atoms with E-state index in [1.807, 2.05) is 0 Å². The number of allylic oxidation sites excluding steroid dienone is 4. The van der Waals surface area contributed by atoms with E-state index in [9.17, 15) is 0 Å². The van der Waals surface area contributed by atoms with Crippen LogP contribution in [-0.4, -0.2) is 83.5 Å². The Kier molecular flexibility index (Phi) is 8.40. The lowest BCUT2D eigenvalue weighted by Crippen LogP contribution is -2.61. The third-order valence-corrected chi connectivity index (χ3v) is 8.88. The molecule has 3 aliphatic heterocycles. The van der Waals surface area contributed by atoms with E-state index in [4.69, 9.17) is 10.2 Å². The quantitative estimate of drug-likeness (QED) is 0.382. The number of hydrogen-bond acceptors (Lipinski definition) is 5. The topological polar surface area (TPSA) is 34.4 Å². The molecule has 2 aliphatic carbocycles. The fourth-order valence-electron chi connectivity index (χ4n) is 6.55. The Morgan fingerprint density at radius 1 is 0.667 bits per heavy atom. The van der Waals surface area contributed by atoms with E-state index < -0.39 is 0 Å². The second-order valence-corrected chi connectivity index (χ2v) is 11.5.